The number of hydrogen-bond acceptors (Lipinski definition) is 7. The van der Waals surface area contributed by atoms with Gasteiger partial charge in [0.25, 0.3) is 5.91 Å². The molecule has 1 aliphatic heterocycles. The summed E-state index contributed by atoms with van der Waals surface area (Å²) in [5, 5.41) is 10.3. The number of nitrogens with zero attached hydrogens (tertiary/aromatic N) is 1. The fourth-order valence-corrected chi connectivity index (χ4v) is 4.58. The molecule has 1 aromatic carbocycles. The maximum atomic E-state index is 13.7. The second-order valence-electron chi connectivity index (χ2n) is 10.8. The second-order valence-corrected chi connectivity index (χ2v) is 10.8. The van der Waals surface area contributed by atoms with Gasteiger partial charge in [-0.15, -0.1) is 0 Å². The minimum atomic E-state index is -0.807. The zero-order valence-electron chi connectivity index (χ0n) is 24.2. The summed E-state index contributed by atoms with van der Waals surface area (Å²) in [6.07, 6.45) is 8.47. The second kappa shape index (κ2) is 18.5. The summed E-state index contributed by atoms with van der Waals surface area (Å²) in [6.45, 7) is 6.43. The molecule has 5 N–H and O–H groups in total. The monoisotopic (exact) mass is 560 g/mol. The molecule has 1 aliphatic rings. The molecule has 0 aromatic heterocycles. The fraction of sp³-hybridized carbons (Fsp3) is 0.633. The molecule has 0 aliphatic carbocycles. The van der Waals surface area contributed by atoms with Crippen molar-refractivity contribution in [3.63, 3.8) is 0 Å². The van der Waals surface area contributed by atoms with Crippen LogP contribution in [-0.4, -0.2) is 59.9 Å². The first kappa shape index (κ1) is 33.4. The van der Waals surface area contributed by atoms with Gasteiger partial charge in [0.15, 0.2) is 6.29 Å². The van der Waals surface area contributed by atoms with Gasteiger partial charge in [-0.05, 0) is 63.4 Å². The number of amides is 3. The van der Waals surface area contributed by atoms with Crippen LogP contribution in [0.1, 0.15) is 77.7 Å². The summed E-state index contributed by atoms with van der Waals surface area (Å²) in [7, 11) is 0. The van der Waals surface area contributed by atoms with E-state index in [2.05, 4.69) is 10.9 Å². The van der Waals surface area contributed by atoms with Gasteiger partial charge in [-0.1, -0.05) is 56.3 Å². The van der Waals surface area contributed by atoms with Gasteiger partial charge in [0, 0.05) is 26.2 Å². The molecule has 0 radical (unpaired) electrons. The van der Waals surface area contributed by atoms with Crippen molar-refractivity contribution in [2.24, 2.45) is 23.5 Å². The zero-order chi connectivity index (χ0) is 29.3. The van der Waals surface area contributed by atoms with Gasteiger partial charge in [-0.3, -0.25) is 24.8 Å². The number of ether oxygens (including phenoxy) is 1. The van der Waals surface area contributed by atoms with E-state index in [1.165, 1.54) is 5.01 Å². The highest BCUT2D eigenvalue weighted by molar-refractivity contribution is 5.89. The molecule has 10 heteroatoms. The van der Waals surface area contributed by atoms with Crippen molar-refractivity contribution in [1.29, 1.82) is 0 Å². The third-order valence-corrected chi connectivity index (χ3v) is 6.75. The molecule has 4 atom stereocenters. The number of hydrogen-bond donors (Lipinski definition) is 4. The highest BCUT2D eigenvalue weighted by Gasteiger charge is 2.35. The Hall–Kier alpha value is -2.79. The lowest BCUT2D eigenvalue weighted by Crippen LogP contribution is -2.55. The lowest BCUT2D eigenvalue weighted by atomic mass is 9.82. The number of allylic oxidation sites excluding steroid dienone is 1. The zero-order valence-corrected chi connectivity index (χ0v) is 24.2. The quantitative estimate of drug-likeness (QED) is 0.179. The number of unbranched alkanes of at least 4 members (excludes halogenated alkanes) is 2. The maximum Gasteiger partial charge on any atom is 0.257 e. The Morgan fingerprint density at radius 1 is 1.10 bits per heavy atom. The number of hydroxylamine groups is 1. The topological polar surface area (TPSA) is 143 Å². The molecule has 1 aromatic rings. The van der Waals surface area contributed by atoms with Gasteiger partial charge in [0.1, 0.15) is 0 Å². The van der Waals surface area contributed by atoms with Crippen LogP contribution in [-0.2, 0) is 24.0 Å². The van der Waals surface area contributed by atoms with Crippen LogP contribution < -0.4 is 16.6 Å². The molecule has 40 heavy (non-hydrogen) atoms. The van der Waals surface area contributed by atoms with Crippen molar-refractivity contribution >= 4 is 23.8 Å². The number of aliphatic hydroxyl groups is 1. The van der Waals surface area contributed by atoms with Crippen molar-refractivity contribution in [1.82, 2.24) is 15.9 Å². The van der Waals surface area contributed by atoms with E-state index in [4.69, 9.17) is 20.4 Å². The number of nitrogens with one attached hydrogen (secondary N) is 2. The van der Waals surface area contributed by atoms with Crippen LogP contribution in [0.3, 0.4) is 0 Å². The number of rotatable bonds is 16. The van der Waals surface area contributed by atoms with E-state index in [1.54, 1.807) is 6.92 Å². The van der Waals surface area contributed by atoms with Crippen LogP contribution in [0.4, 0.5) is 0 Å². The average Bonchev–Trinajstić information content (AvgIpc) is 2.95. The number of aliphatic hydroxyl groups excluding tert-OH is 1. The number of nitrogens with two attached hydrogens (primary N) is 1. The smallest absolute Gasteiger partial charge is 0.257 e. The van der Waals surface area contributed by atoms with Gasteiger partial charge in [0.05, 0.1) is 17.9 Å². The predicted octanol–water partition coefficient (Wildman–Crippen LogP) is 3.31. The Labute approximate surface area is 238 Å². The first-order chi connectivity index (χ1) is 19.2. The minimum Gasteiger partial charge on any atom is -0.396 e. The highest BCUT2D eigenvalue weighted by atomic mass is 16.8. The molecule has 224 valence electrons. The van der Waals surface area contributed by atoms with Gasteiger partial charge >= 0.3 is 0 Å². The normalized spacial score (nSPS) is 17.8. The van der Waals surface area contributed by atoms with Crippen molar-refractivity contribution in [3.8, 4) is 0 Å². The summed E-state index contributed by atoms with van der Waals surface area (Å²) in [5.41, 5.74) is 12.1. The van der Waals surface area contributed by atoms with E-state index in [0.717, 1.165) is 18.4 Å². The standard InChI is InChI=1S/C30H48N4O6/c1-22(2)21-26(28(36)32-34(30(38)23(3)31)18-9-5-10-19-35)25(16-12-15-24-13-6-4-7-14-24)29(37)33-40-27-17-8-11-20-39-27/h4,6-7,12-15,22-23,25-27,35H,5,8-11,16-21,31H2,1-3H3,(H,32,36)(H,33,37)/t23-,25+,26-,27?/m1/s1. The average molecular weight is 561 g/mol. The molecule has 0 spiro atoms. The summed E-state index contributed by atoms with van der Waals surface area (Å²) >= 11 is 0. The fourth-order valence-electron chi connectivity index (χ4n) is 4.58. The molecule has 2 rings (SSSR count). The SMILES string of the molecule is CC(C)C[C@@H](C(=O)NN(CCCCCO)C(=O)[C@@H](C)N)[C@H](CC=Cc1ccccc1)C(=O)NOC1CCCCO1. The van der Waals surface area contributed by atoms with Crippen LogP contribution in [0.15, 0.2) is 36.4 Å². The summed E-state index contributed by atoms with van der Waals surface area (Å²) in [6, 6.07) is 8.91. The summed E-state index contributed by atoms with van der Waals surface area (Å²) in [5.74, 6) is -2.64. The predicted molar refractivity (Wildman–Crippen MR) is 154 cm³/mol. The largest absolute Gasteiger partial charge is 0.396 e. The molecule has 3 amide bonds. The Bertz CT molecular complexity index is 918. The molecule has 0 saturated carbocycles. The Balaban J connectivity index is 2.25. The van der Waals surface area contributed by atoms with E-state index in [-0.39, 0.29) is 25.5 Å². The summed E-state index contributed by atoms with van der Waals surface area (Å²) < 4.78 is 5.57. The van der Waals surface area contributed by atoms with Gasteiger partial charge in [0.2, 0.25) is 11.8 Å². The minimum absolute atomic E-state index is 0.0608. The lowest BCUT2D eigenvalue weighted by Gasteiger charge is -2.31. The number of carbonyl (C=O) groups excluding carboxylic acids is 3. The lowest BCUT2D eigenvalue weighted by molar-refractivity contribution is -0.203. The van der Waals surface area contributed by atoms with Crippen molar-refractivity contribution in [2.45, 2.75) is 84.5 Å². The summed E-state index contributed by atoms with van der Waals surface area (Å²) in [4.78, 5) is 45.6. The van der Waals surface area contributed by atoms with E-state index >= 15 is 0 Å². The molecular weight excluding hydrogens is 512 g/mol. The number of benzene rings is 1. The number of hydrazine groups is 1. The van der Waals surface area contributed by atoms with Crippen LogP contribution in [0.5, 0.6) is 0 Å². The molecule has 1 unspecified atom stereocenters. The first-order valence-electron chi connectivity index (χ1n) is 14.5. The van der Waals surface area contributed by atoms with E-state index < -0.39 is 41.9 Å². The molecule has 10 nitrogen and oxygen atoms in total. The van der Waals surface area contributed by atoms with Gasteiger partial charge in [-0.2, -0.15) is 0 Å². The van der Waals surface area contributed by atoms with Crippen LogP contribution in [0.25, 0.3) is 6.08 Å². The third kappa shape index (κ3) is 12.2. The van der Waals surface area contributed by atoms with Crippen LogP contribution in [0.2, 0.25) is 0 Å². The molecule has 1 fully saturated rings. The molecule has 1 heterocycles. The first-order valence-corrected chi connectivity index (χ1v) is 14.5. The van der Waals surface area contributed by atoms with Crippen LogP contribution in [0, 0.1) is 17.8 Å². The highest BCUT2D eigenvalue weighted by Crippen LogP contribution is 2.26. The van der Waals surface area contributed by atoms with E-state index in [9.17, 15) is 14.4 Å². The number of carbonyl (C=O) groups is 3. The molecule has 0 bridgehead atoms. The van der Waals surface area contributed by atoms with Crippen molar-refractivity contribution < 1.29 is 29.1 Å². The molecular formula is C30H48N4O6. The Morgan fingerprint density at radius 2 is 1.85 bits per heavy atom. The molecule has 1 saturated heterocycles. The van der Waals surface area contributed by atoms with E-state index in [0.29, 0.717) is 38.7 Å². The van der Waals surface area contributed by atoms with Crippen LogP contribution >= 0.6 is 0 Å². The van der Waals surface area contributed by atoms with E-state index in [1.807, 2.05) is 56.3 Å². The Kier molecular flexibility index (Phi) is 15.5. The van der Waals surface area contributed by atoms with Gasteiger partial charge in [-0.25, -0.2) is 10.3 Å². The third-order valence-electron chi connectivity index (χ3n) is 6.75. The maximum absolute atomic E-state index is 13.7. The van der Waals surface area contributed by atoms with Crippen molar-refractivity contribution in [2.75, 3.05) is 19.8 Å². The Morgan fingerprint density at radius 3 is 2.48 bits per heavy atom. The van der Waals surface area contributed by atoms with Gasteiger partial charge < -0.3 is 15.6 Å². The van der Waals surface area contributed by atoms with Crippen molar-refractivity contribution in [3.05, 3.63) is 42.0 Å².